The van der Waals surface area contributed by atoms with Gasteiger partial charge in [0, 0.05) is 32.1 Å². The summed E-state index contributed by atoms with van der Waals surface area (Å²) in [4.78, 5) is 14.6. The molecule has 0 spiro atoms. The second kappa shape index (κ2) is 8.50. The van der Waals surface area contributed by atoms with Crippen LogP contribution >= 0.6 is 11.3 Å². The molecule has 146 valence electrons. The zero-order valence-corrected chi connectivity index (χ0v) is 16.8. The maximum Gasteiger partial charge on any atom is 0.252 e. The van der Waals surface area contributed by atoms with Gasteiger partial charge in [0.05, 0.1) is 0 Å². The average molecular weight is 411 g/mol. The molecule has 1 aliphatic rings. The molecule has 0 unspecified atom stereocenters. The number of rotatable bonds is 6. The number of halogens is 1. The number of sulfonamides is 1. The lowest BCUT2D eigenvalue weighted by Gasteiger charge is -2.33. The molecule has 1 saturated heterocycles. The molecule has 8 heteroatoms. The van der Waals surface area contributed by atoms with Crippen molar-refractivity contribution in [2.45, 2.75) is 30.5 Å². The van der Waals surface area contributed by atoms with Crippen molar-refractivity contribution in [1.82, 2.24) is 9.21 Å². The quantitative estimate of drug-likeness (QED) is 0.734. The molecule has 0 N–H and O–H groups in total. The molecule has 1 aliphatic heterocycles. The molecule has 1 amide bonds. The van der Waals surface area contributed by atoms with E-state index in [2.05, 4.69) is 0 Å². The number of benzene rings is 1. The number of hydrogen-bond donors (Lipinski definition) is 0. The number of thiophene rings is 1. The van der Waals surface area contributed by atoms with Crippen molar-refractivity contribution >= 4 is 27.3 Å². The predicted octanol–water partition coefficient (Wildman–Crippen LogP) is 3.34. The highest BCUT2D eigenvalue weighted by molar-refractivity contribution is 7.91. The molecule has 1 aromatic heterocycles. The van der Waals surface area contributed by atoms with Crippen molar-refractivity contribution in [1.29, 1.82) is 0 Å². The Bertz CT molecular complexity index is 876. The standard InChI is InChI=1S/C19H23FN2O3S2/c1-2-21(14-15-5-3-6-17(20)13-15)19(23)16-8-10-22(11-9-16)27(24,25)18-7-4-12-26-18/h3-7,12-13,16H,2,8-11,14H2,1H3. The number of nitrogens with zero attached hydrogens (tertiary/aromatic N) is 2. The normalized spacial score (nSPS) is 16.4. The van der Waals surface area contributed by atoms with Gasteiger partial charge in [-0.25, -0.2) is 12.8 Å². The Hall–Kier alpha value is -1.77. The van der Waals surface area contributed by atoms with Gasteiger partial charge in [0.25, 0.3) is 10.0 Å². The third-order valence-corrected chi connectivity index (χ3v) is 8.12. The third kappa shape index (κ3) is 4.56. The van der Waals surface area contributed by atoms with Crippen molar-refractivity contribution in [3.05, 3.63) is 53.2 Å². The van der Waals surface area contributed by atoms with E-state index < -0.39 is 10.0 Å². The molecule has 5 nitrogen and oxygen atoms in total. The van der Waals surface area contributed by atoms with E-state index >= 15 is 0 Å². The van der Waals surface area contributed by atoms with Gasteiger partial charge >= 0.3 is 0 Å². The fourth-order valence-corrected chi connectivity index (χ4v) is 5.95. The first-order valence-electron chi connectivity index (χ1n) is 8.98. The van der Waals surface area contributed by atoms with Gasteiger partial charge < -0.3 is 4.90 Å². The fraction of sp³-hybridized carbons (Fsp3) is 0.421. The minimum absolute atomic E-state index is 0.00920. The number of hydrogen-bond acceptors (Lipinski definition) is 4. The van der Waals surface area contributed by atoms with Crippen LogP contribution in [0.2, 0.25) is 0 Å². The Morgan fingerprint density at radius 2 is 2.00 bits per heavy atom. The van der Waals surface area contributed by atoms with Crippen molar-refractivity contribution in [2.75, 3.05) is 19.6 Å². The Morgan fingerprint density at radius 3 is 2.59 bits per heavy atom. The lowest BCUT2D eigenvalue weighted by Crippen LogP contribution is -2.44. The zero-order valence-electron chi connectivity index (χ0n) is 15.2. The lowest BCUT2D eigenvalue weighted by atomic mass is 9.96. The molecule has 2 heterocycles. The van der Waals surface area contributed by atoms with Crippen LogP contribution in [-0.2, 0) is 21.4 Å². The Kier molecular flexibility index (Phi) is 6.29. The van der Waals surface area contributed by atoms with E-state index in [0.29, 0.717) is 43.2 Å². The largest absolute Gasteiger partial charge is 0.338 e. The van der Waals surface area contributed by atoms with E-state index in [1.54, 1.807) is 34.5 Å². The molecular weight excluding hydrogens is 387 g/mol. The van der Waals surface area contributed by atoms with Gasteiger partial charge in [0.15, 0.2) is 0 Å². The molecule has 3 rings (SSSR count). The maximum atomic E-state index is 13.4. The molecule has 27 heavy (non-hydrogen) atoms. The molecule has 0 radical (unpaired) electrons. The van der Waals surface area contributed by atoms with Crippen LogP contribution < -0.4 is 0 Å². The minimum Gasteiger partial charge on any atom is -0.338 e. The molecule has 1 fully saturated rings. The van der Waals surface area contributed by atoms with Gasteiger partial charge in [-0.3, -0.25) is 4.79 Å². The second-order valence-electron chi connectivity index (χ2n) is 6.59. The molecule has 0 atom stereocenters. The maximum absolute atomic E-state index is 13.4. The topological polar surface area (TPSA) is 57.7 Å². The van der Waals surface area contributed by atoms with Crippen LogP contribution in [0.1, 0.15) is 25.3 Å². The van der Waals surface area contributed by atoms with Crippen LogP contribution in [0, 0.1) is 11.7 Å². The molecule has 0 saturated carbocycles. The summed E-state index contributed by atoms with van der Waals surface area (Å²) in [5.74, 6) is -0.508. The Labute approximate surface area is 163 Å². The van der Waals surface area contributed by atoms with Crippen molar-refractivity contribution < 1.29 is 17.6 Å². The highest BCUT2D eigenvalue weighted by Crippen LogP contribution is 2.27. The zero-order chi connectivity index (χ0) is 19.4. The highest BCUT2D eigenvalue weighted by atomic mass is 32.2. The summed E-state index contributed by atoms with van der Waals surface area (Å²) >= 11 is 1.21. The van der Waals surface area contributed by atoms with Crippen molar-refractivity contribution in [3.8, 4) is 0 Å². The third-order valence-electron chi connectivity index (χ3n) is 4.85. The summed E-state index contributed by atoms with van der Waals surface area (Å²) < 4.78 is 40.4. The van der Waals surface area contributed by atoms with Gasteiger partial charge in [0.1, 0.15) is 10.0 Å². The highest BCUT2D eigenvalue weighted by Gasteiger charge is 2.33. The second-order valence-corrected chi connectivity index (χ2v) is 9.71. The first kappa shape index (κ1) is 20.0. The summed E-state index contributed by atoms with van der Waals surface area (Å²) in [6.45, 7) is 3.47. The summed E-state index contributed by atoms with van der Waals surface area (Å²) in [5.41, 5.74) is 0.753. The molecule has 1 aromatic carbocycles. The van der Waals surface area contributed by atoms with Gasteiger partial charge in [-0.15, -0.1) is 11.3 Å². The van der Waals surface area contributed by atoms with Crippen LogP contribution in [0.15, 0.2) is 46.0 Å². The van der Waals surface area contributed by atoms with Gasteiger partial charge in [-0.05, 0) is 48.9 Å². The lowest BCUT2D eigenvalue weighted by molar-refractivity contribution is -0.137. The predicted molar refractivity (Wildman–Crippen MR) is 103 cm³/mol. The minimum atomic E-state index is -3.46. The summed E-state index contributed by atoms with van der Waals surface area (Å²) in [7, 11) is -3.46. The summed E-state index contributed by atoms with van der Waals surface area (Å²) in [6.07, 6.45) is 1.01. The molecule has 2 aromatic rings. The molecule has 0 aliphatic carbocycles. The summed E-state index contributed by atoms with van der Waals surface area (Å²) in [5, 5.41) is 1.74. The van der Waals surface area contributed by atoms with Gasteiger partial charge in [-0.2, -0.15) is 4.31 Å². The first-order chi connectivity index (χ1) is 12.9. The number of amides is 1. The van der Waals surface area contributed by atoms with E-state index in [-0.39, 0.29) is 17.6 Å². The van der Waals surface area contributed by atoms with Crippen LogP contribution in [0.4, 0.5) is 4.39 Å². The molecular formula is C19H23FN2O3S2. The number of carbonyl (C=O) groups excluding carboxylic acids is 1. The van der Waals surface area contributed by atoms with Crippen LogP contribution in [-0.4, -0.2) is 43.2 Å². The van der Waals surface area contributed by atoms with E-state index in [1.807, 2.05) is 6.92 Å². The van der Waals surface area contributed by atoms with Gasteiger partial charge in [0.2, 0.25) is 5.91 Å². The Balaban J connectivity index is 1.62. The van der Waals surface area contributed by atoms with Gasteiger partial charge in [-0.1, -0.05) is 18.2 Å². The van der Waals surface area contributed by atoms with E-state index in [1.165, 1.54) is 27.8 Å². The first-order valence-corrected chi connectivity index (χ1v) is 11.3. The van der Waals surface area contributed by atoms with Crippen LogP contribution in [0.5, 0.6) is 0 Å². The van der Waals surface area contributed by atoms with Crippen molar-refractivity contribution in [3.63, 3.8) is 0 Å². The van der Waals surface area contributed by atoms with Crippen LogP contribution in [0.3, 0.4) is 0 Å². The smallest absolute Gasteiger partial charge is 0.252 e. The summed E-state index contributed by atoms with van der Waals surface area (Å²) in [6, 6.07) is 9.58. The SMILES string of the molecule is CCN(Cc1cccc(F)c1)C(=O)C1CCN(S(=O)(=O)c2cccs2)CC1. The molecule has 0 bridgehead atoms. The van der Waals surface area contributed by atoms with E-state index in [9.17, 15) is 17.6 Å². The fourth-order valence-electron chi connectivity index (χ4n) is 3.34. The van der Waals surface area contributed by atoms with E-state index in [4.69, 9.17) is 0 Å². The van der Waals surface area contributed by atoms with E-state index in [0.717, 1.165) is 5.56 Å². The monoisotopic (exact) mass is 410 g/mol. The van der Waals surface area contributed by atoms with Crippen LogP contribution in [0.25, 0.3) is 0 Å². The average Bonchev–Trinajstić information content (AvgIpc) is 3.21. The number of carbonyl (C=O) groups is 1. The number of piperidine rings is 1. The van der Waals surface area contributed by atoms with Crippen molar-refractivity contribution in [2.24, 2.45) is 5.92 Å². The Morgan fingerprint density at radius 1 is 1.26 bits per heavy atom.